The molecule has 1 saturated carbocycles. The molecular weight excluding hydrogens is 282 g/mol. The molecule has 0 bridgehead atoms. The van der Waals surface area contributed by atoms with Gasteiger partial charge in [0.15, 0.2) is 0 Å². The van der Waals surface area contributed by atoms with Crippen molar-refractivity contribution in [3.8, 4) is 0 Å². The van der Waals surface area contributed by atoms with Crippen LogP contribution in [-0.2, 0) is 4.79 Å². The SMILES string of the molecule is Cc1noc(C)c1C(=O)N1CCCC(CC2CC2)(C(N)=O)C1. The van der Waals surface area contributed by atoms with Gasteiger partial charge in [0.1, 0.15) is 11.3 Å². The zero-order valence-corrected chi connectivity index (χ0v) is 13.2. The zero-order chi connectivity index (χ0) is 15.9. The van der Waals surface area contributed by atoms with Gasteiger partial charge in [-0.3, -0.25) is 9.59 Å². The number of rotatable bonds is 4. The van der Waals surface area contributed by atoms with Crippen LogP contribution in [0.2, 0.25) is 0 Å². The Bertz CT molecular complexity index is 586. The Balaban J connectivity index is 1.82. The Morgan fingerprint density at radius 3 is 2.68 bits per heavy atom. The first-order valence-electron chi connectivity index (χ1n) is 7.95. The number of amides is 2. The quantitative estimate of drug-likeness (QED) is 0.918. The molecule has 2 N–H and O–H groups in total. The maximum Gasteiger partial charge on any atom is 0.259 e. The predicted molar refractivity (Wildman–Crippen MR) is 80.1 cm³/mol. The van der Waals surface area contributed by atoms with Gasteiger partial charge in [0.2, 0.25) is 5.91 Å². The molecule has 1 atom stereocenters. The second-order valence-corrected chi connectivity index (χ2v) is 6.82. The van der Waals surface area contributed by atoms with Crippen LogP contribution in [0, 0.1) is 25.2 Å². The molecule has 1 unspecified atom stereocenters. The van der Waals surface area contributed by atoms with Gasteiger partial charge >= 0.3 is 0 Å². The first-order chi connectivity index (χ1) is 10.4. The molecule has 1 aliphatic carbocycles. The third-order valence-corrected chi connectivity index (χ3v) is 5.01. The van der Waals surface area contributed by atoms with E-state index in [0.717, 1.165) is 19.3 Å². The molecule has 1 aromatic heterocycles. The topological polar surface area (TPSA) is 89.4 Å². The molecule has 6 heteroatoms. The second-order valence-electron chi connectivity index (χ2n) is 6.82. The maximum absolute atomic E-state index is 12.8. The van der Waals surface area contributed by atoms with Crippen LogP contribution in [0.15, 0.2) is 4.52 Å². The van der Waals surface area contributed by atoms with E-state index >= 15 is 0 Å². The highest BCUT2D eigenvalue weighted by Crippen LogP contribution is 2.44. The summed E-state index contributed by atoms with van der Waals surface area (Å²) >= 11 is 0. The summed E-state index contributed by atoms with van der Waals surface area (Å²) in [5.74, 6) is 0.759. The van der Waals surface area contributed by atoms with Crippen molar-refractivity contribution in [3.63, 3.8) is 0 Å². The van der Waals surface area contributed by atoms with Crippen LogP contribution in [0.3, 0.4) is 0 Å². The molecular formula is C16H23N3O3. The molecule has 2 amide bonds. The molecule has 0 spiro atoms. The average molecular weight is 305 g/mol. The van der Waals surface area contributed by atoms with Crippen LogP contribution < -0.4 is 5.73 Å². The van der Waals surface area contributed by atoms with E-state index in [9.17, 15) is 9.59 Å². The summed E-state index contributed by atoms with van der Waals surface area (Å²) in [6.07, 6.45) is 4.75. The minimum Gasteiger partial charge on any atom is -0.369 e. The molecule has 1 aromatic rings. The average Bonchev–Trinajstić information content (AvgIpc) is 3.22. The molecule has 2 heterocycles. The molecule has 2 fully saturated rings. The molecule has 1 saturated heterocycles. The maximum atomic E-state index is 12.8. The van der Waals surface area contributed by atoms with Crippen molar-refractivity contribution in [1.82, 2.24) is 10.1 Å². The summed E-state index contributed by atoms with van der Waals surface area (Å²) in [7, 11) is 0. The van der Waals surface area contributed by atoms with Crippen LogP contribution >= 0.6 is 0 Å². The lowest BCUT2D eigenvalue weighted by Crippen LogP contribution is -2.52. The standard InChI is InChI=1S/C16H23N3O3/c1-10-13(11(2)22-18-10)14(20)19-7-3-6-16(9-19,15(17)21)8-12-4-5-12/h12H,3-9H2,1-2H3,(H2,17,21). The van der Waals surface area contributed by atoms with E-state index in [0.29, 0.717) is 36.0 Å². The summed E-state index contributed by atoms with van der Waals surface area (Å²) in [5, 5.41) is 3.85. The highest BCUT2D eigenvalue weighted by molar-refractivity contribution is 5.96. The van der Waals surface area contributed by atoms with Gasteiger partial charge < -0.3 is 15.2 Å². The lowest BCUT2D eigenvalue weighted by molar-refractivity contribution is -0.131. The van der Waals surface area contributed by atoms with Gasteiger partial charge in [0.05, 0.1) is 11.1 Å². The summed E-state index contributed by atoms with van der Waals surface area (Å²) < 4.78 is 5.09. The highest BCUT2D eigenvalue weighted by Gasteiger charge is 2.45. The van der Waals surface area contributed by atoms with Gasteiger partial charge in [-0.15, -0.1) is 0 Å². The Morgan fingerprint density at radius 2 is 2.14 bits per heavy atom. The molecule has 1 aliphatic heterocycles. The van der Waals surface area contributed by atoms with Crippen molar-refractivity contribution >= 4 is 11.8 Å². The van der Waals surface area contributed by atoms with Gasteiger partial charge in [0.25, 0.3) is 5.91 Å². The van der Waals surface area contributed by atoms with Crippen molar-refractivity contribution in [3.05, 3.63) is 17.0 Å². The number of primary amides is 1. The fraction of sp³-hybridized carbons (Fsp3) is 0.688. The molecule has 22 heavy (non-hydrogen) atoms. The van der Waals surface area contributed by atoms with Crippen LogP contribution in [0.1, 0.15) is 53.9 Å². The van der Waals surface area contributed by atoms with Gasteiger partial charge in [-0.1, -0.05) is 18.0 Å². The Kier molecular flexibility index (Phi) is 3.70. The smallest absolute Gasteiger partial charge is 0.259 e. The number of nitrogens with two attached hydrogens (primary N) is 1. The first kappa shape index (κ1) is 15.1. The fourth-order valence-electron chi connectivity index (χ4n) is 3.59. The monoisotopic (exact) mass is 305 g/mol. The Morgan fingerprint density at radius 1 is 1.41 bits per heavy atom. The largest absolute Gasteiger partial charge is 0.369 e. The van der Waals surface area contributed by atoms with Gasteiger partial charge in [0, 0.05) is 13.1 Å². The van der Waals surface area contributed by atoms with Crippen LogP contribution in [0.5, 0.6) is 0 Å². The Hall–Kier alpha value is -1.85. The summed E-state index contributed by atoms with van der Waals surface area (Å²) in [6, 6.07) is 0. The van der Waals surface area contributed by atoms with Crippen molar-refractivity contribution in [1.29, 1.82) is 0 Å². The first-order valence-corrected chi connectivity index (χ1v) is 7.95. The number of aryl methyl sites for hydroxylation is 2. The van der Waals surface area contributed by atoms with Crippen molar-refractivity contribution in [2.75, 3.05) is 13.1 Å². The molecule has 0 radical (unpaired) electrons. The van der Waals surface area contributed by atoms with Crippen molar-refractivity contribution in [2.24, 2.45) is 17.1 Å². The minimum atomic E-state index is -0.561. The van der Waals surface area contributed by atoms with Crippen LogP contribution in [-0.4, -0.2) is 35.0 Å². The number of carbonyl (C=O) groups excluding carboxylic acids is 2. The predicted octanol–water partition coefficient (Wildman–Crippen LogP) is 1.80. The number of piperidine rings is 1. The normalized spacial score (nSPS) is 25.3. The van der Waals surface area contributed by atoms with Gasteiger partial charge in [-0.05, 0) is 39.0 Å². The summed E-state index contributed by atoms with van der Waals surface area (Å²) in [5.41, 5.74) is 6.27. The highest BCUT2D eigenvalue weighted by atomic mass is 16.5. The van der Waals surface area contributed by atoms with Crippen LogP contribution in [0.4, 0.5) is 0 Å². The van der Waals surface area contributed by atoms with Crippen molar-refractivity contribution in [2.45, 2.75) is 46.0 Å². The van der Waals surface area contributed by atoms with Crippen LogP contribution in [0.25, 0.3) is 0 Å². The third-order valence-electron chi connectivity index (χ3n) is 5.01. The lowest BCUT2D eigenvalue weighted by Gasteiger charge is -2.41. The molecule has 2 aliphatic rings. The zero-order valence-electron chi connectivity index (χ0n) is 13.2. The second kappa shape index (κ2) is 5.41. The van der Waals surface area contributed by atoms with E-state index in [1.54, 1.807) is 18.7 Å². The van der Waals surface area contributed by atoms with E-state index in [4.69, 9.17) is 10.3 Å². The number of carbonyl (C=O) groups is 2. The molecule has 6 nitrogen and oxygen atoms in total. The van der Waals surface area contributed by atoms with E-state index in [-0.39, 0.29) is 11.8 Å². The number of nitrogens with zero attached hydrogens (tertiary/aromatic N) is 2. The number of likely N-dealkylation sites (tertiary alicyclic amines) is 1. The van der Waals surface area contributed by atoms with Gasteiger partial charge in [-0.2, -0.15) is 0 Å². The summed E-state index contributed by atoms with van der Waals surface area (Å²) in [4.78, 5) is 26.6. The minimum absolute atomic E-state index is 0.0997. The van der Waals surface area contributed by atoms with Gasteiger partial charge in [-0.25, -0.2) is 0 Å². The van der Waals surface area contributed by atoms with E-state index in [1.807, 2.05) is 0 Å². The Labute approximate surface area is 130 Å². The molecule has 0 aromatic carbocycles. The third kappa shape index (κ3) is 2.62. The number of hydrogen-bond acceptors (Lipinski definition) is 4. The van der Waals surface area contributed by atoms with Crippen molar-refractivity contribution < 1.29 is 14.1 Å². The number of aromatic nitrogens is 1. The molecule has 3 rings (SSSR count). The van der Waals surface area contributed by atoms with E-state index < -0.39 is 5.41 Å². The lowest BCUT2D eigenvalue weighted by atomic mass is 9.75. The molecule has 120 valence electrons. The van der Waals surface area contributed by atoms with E-state index in [2.05, 4.69) is 5.16 Å². The summed E-state index contributed by atoms with van der Waals surface area (Å²) in [6.45, 7) is 4.58. The fourth-order valence-corrected chi connectivity index (χ4v) is 3.59. The number of hydrogen-bond donors (Lipinski definition) is 1. The van der Waals surface area contributed by atoms with E-state index in [1.165, 1.54) is 12.8 Å².